The molecule has 0 amide bonds. The lowest BCUT2D eigenvalue weighted by atomic mass is 9.91. The second kappa shape index (κ2) is 56.9. The molecule has 0 bridgehead atoms. The topological polar surface area (TPSA) is 77.4 Å². The predicted molar refractivity (Wildman–Crippen MR) is 314 cm³/mol. The number of hydrogen-bond acceptors (Lipinski definition) is 6. The summed E-state index contributed by atoms with van der Waals surface area (Å²) in [5.41, 5.74) is 0. The normalized spacial score (nSPS) is 28.9. The summed E-state index contributed by atoms with van der Waals surface area (Å²) < 4.78 is 23.7. The van der Waals surface area contributed by atoms with Crippen LogP contribution in [0.25, 0.3) is 0 Å². The van der Waals surface area contributed by atoms with Crippen LogP contribution in [0.4, 0.5) is 0 Å². The van der Waals surface area contributed by atoms with Crippen LogP contribution in [0.1, 0.15) is 336 Å². The van der Waals surface area contributed by atoms with Crippen molar-refractivity contribution in [3.8, 4) is 0 Å². The molecule has 6 atom stereocenters. The number of rotatable bonds is 2. The molecule has 2 N–H and O–H groups in total. The van der Waals surface area contributed by atoms with Crippen LogP contribution in [-0.4, -0.2) is 75.3 Å². The molecule has 1 rings (SSSR count). The number of ether oxygens (including phenoxy) is 4. The molecule has 6 nitrogen and oxygen atoms in total. The van der Waals surface area contributed by atoms with Crippen molar-refractivity contribution in [2.45, 2.75) is 348 Å². The summed E-state index contributed by atoms with van der Waals surface area (Å²) >= 11 is 0. The minimum Gasteiger partial charge on any atom is -0.394 e. The van der Waals surface area contributed by atoms with Gasteiger partial charge in [-0.25, -0.2) is 0 Å². The molecule has 0 aliphatic carbocycles. The number of aliphatic hydroxyl groups is 2. The molecule has 1 saturated heterocycles. The Morgan fingerprint density at radius 2 is 0.417 bits per heavy atom. The van der Waals surface area contributed by atoms with Gasteiger partial charge in [0.2, 0.25) is 0 Å². The van der Waals surface area contributed by atoms with Gasteiger partial charge < -0.3 is 29.2 Å². The smallest absolute Gasteiger partial charge is 0.104 e. The van der Waals surface area contributed by atoms with E-state index in [1.807, 2.05) is 0 Å². The summed E-state index contributed by atoms with van der Waals surface area (Å²) in [5.74, 6) is 3.56. The van der Waals surface area contributed by atoms with Crippen LogP contribution in [0.2, 0.25) is 0 Å². The lowest BCUT2D eigenvalue weighted by Crippen LogP contribution is -2.24. The molecule has 1 heterocycles. The Morgan fingerprint density at radius 1 is 0.236 bits per heavy atom. The van der Waals surface area contributed by atoms with E-state index in [-0.39, 0.29) is 25.4 Å². The molecule has 1 fully saturated rings. The zero-order chi connectivity index (χ0) is 51.9. The van der Waals surface area contributed by atoms with Crippen LogP contribution in [0.5, 0.6) is 0 Å². The summed E-state index contributed by atoms with van der Waals surface area (Å²) in [4.78, 5) is 0. The van der Waals surface area contributed by atoms with E-state index < -0.39 is 0 Å². The second-order valence-electron chi connectivity index (χ2n) is 24.4. The first-order chi connectivity index (χ1) is 35.4. The highest BCUT2D eigenvalue weighted by Crippen LogP contribution is 2.25. The predicted octanol–water partition coefficient (Wildman–Crippen LogP) is 20.1. The minimum absolute atomic E-state index is 0.0588. The van der Waals surface area contributed by atoms with E-state index in [2.05, 4.69) is 27.7 Å². The highest BCUT2D eigenvalue weighted by molar-refractivity contribution is 4.63. The maximum Gasteiger partial charge on any atom is 0.104 e. The molecule has 0 saturated carbocycles. The molecule has 1 aliphatic rings. The summed E-state index contributed by atoms with van der Waals surface area (Å²) in [7, 11) is 0. The molecule has 0 spiro atoms. The second-order valence-corrected chi connectivity index (χ2v) is 24.4. The van der Waals surface area contributed by atoms with E-state index in [1.165, 1.54) is 283 Å². The monoisotopic (exact) mass is 1020 g/mol. The molecule has 6 unspecified atom stereocenters. The van der Waals surface area contributed by atoms with Gasteiger partial charge in [0.05, 0.1) is 26.4 Å². The fourth-order valence-corrected chi connectivity index (χ4v) is 11.2. The van der Waals surface area contributed by atoms with E-state index in [0.29, 0.717) is 13.2 Å². The Balaban J connectivity index is 2.22. The Labute approximate surface area is 451 Å². The van der Waals surface area contributed by atoms with Crippen molar-refractivity contribution in [3.63, 3.8) is 0 Å². The van der Waals surface area contributed by atoms with Crippen molar-refractivity contribution < 1.29 is 29.2 Å². The maximum atomic E-state index is 9.78. The Morgan fingerprint density at radius 3 is 0.625 bits per heavy atom. The van der Waals surface area contributed by atoms with Crippen LogP contribution in [0, 0.1) is 23.7 Å². The first-order valence-electron chi connectivity index (χ1n) is 33.0. The molecular formula is C66H132O6. The Bertz CT molecular complexity index is 932. The summed E-state index contributed by atoms with van der Waals surface area (Å²) in [6.07, 6.45) is 64.9. The fourth-order valence-electron chi connectivity index (χ4n) is 11.2. The van der Waals surface area contributed by atoms with Crippen LogP contribution in [0.15, 0.2) is 0 Å². The zero-order valence-corrected chi connectivity index (χ0v) is 49.6. The first-order valence-corrected chi connectivity index (χ1v) is 33.0. The van der Waals surface area contributed by atoms with Crippen LogP contribution in [0.3, 0.4) is 0 Å². The third-order valence-corrected chi connectivity index (χ3v) is 16.7. The van der Waals surface area contributed by atoms with Crippen molar-refractivity contribution in [1.82, 2.24) is 0 Å². The molecule has 6 heteroatoms. The standard InChI is InChI=1S/C66H132O6/c1-61-45-37-29-21-13-5-9-17-25-33-41-53-69-59-65(57-67)72-56-44-36-28-20-12-8-16-24-32-40-48-64(4)52-50-62(2)46-38-30-22-14-6-10-18-26-34-42-54-70-60-66(58-68)71-55-43-35-27-19-11-7-15-23-31-39-47-63(3)51-49-61/h61-68H,5-60H2,1-4H3. The minimum atomic E-state index is -0.168. The average Bonchev–Trinajstić information content (AvgIpc) is 3.38. The van der Waals surface area contributed by atoms with Crippen LogP contribution in [-0.2, 0) is 18.9 Å². The van der Waals surface area contributed by atoms with Crippen molar-refractivity contribution in [1.29, 1.82) is 0 Å². The number of hydrogen-bond donors (Lipinski definition) is 2. The number of aliphatic hydroxyl groups excluding tert-OH is 2. The van der Waals surface area contributed by atoms with Gasteiger partial charge in [-0.3, -0.25) is 0 Å². The van der Waals surface area contributed by atoms with E-state index >= 15 is 0 Å². The molecule has 0 aromatic carbocycles. The van der Waals surface area contributed by atoms with Gasteiger partial charge in [0.25, 0.3) is 0 Å². The Kier molecular flexibility index (Phi) is 55.2. The molecule has 72 heavy (non-hydrogen) atoms. The lowest BCUT2D eigenvalue weighted by Gasteiger charge is -2.16. The summed E-state index contributed by atoms with van der Waals surface area (Å²) in [6.45, 7) is 14.2. The average molecular weight is 1020 g/mol. The van der Waals surface area contributed by atoms with Gasteiger partial charge in [0, 0.05) is 26.4 Å². The first kappa shape index (κ1) is 69.8. The van der Waals surface area contributed by atoms with Gasteiger partial charge in [-0.2, -0.15) is 0 Å². The van der Waals surface area contributed by atoms with Crippen LogP contribution < -0.4 is 0 Å². The molecule has 0 aromatic heterocycles. The molecule has 1 aliphatic heterocycles. The van der Waals surface area contributed by atoms with Gasteiger partial charge in [0.15, 0.2) is 0 Å². The van der Waals surface area contributed by atoms with Gasteiger partial charge in [-0.1, -0.05) is 310 Å². The van der Waals surface area contributed by atoms with Crippen molar-refractivity contribution in [3.05, 3.63) is 0 Å². The molecule has 432 valence electrons. The van der Waals surface area contributed by atoms with Crippen molar-refractivity contribution >= 4 is 0 Å². The molecule has 0 radical (unpaired) electrons. The summed E-state index contributed by atoms with van der Waals surface area (Å²) in [6, 6.07) is 0. The molecule has 0 aromatic rings. The quantitative estimate of drug-likeness (QED) is 0.287. The van der Waals surface area contributed by atoms with Crippen molar-refractivity contribution in [2.75, 3.05) is 52.9 Å². The van der Waals surface area contributed by atoms with Gasteiger partial charge in [0.1, 0.15) is 12.2 Å². The lowest BCUT2D eigenvalue weighted by molar-refractivity contribution is -0.0437. The maximum absolute atomic E-state index is 9.78. The van der Waals surface area contributed by atoms with Gasteiger partial charge >= 0.3 is 0 Å². The fraction of sp³-hybridized carbons (Fsp3) is 1.00. The van der Waals surface area contributed by atoms with E-state index in [9.17, 15) is 10.2 Å². The van der Waals surface area contributed by atoms with E-state index in [0.717, 1.165) is 75.8 Å². The zero-order valence-electron chi connectivity index (χ0n) is 49.6. The largest absolute Gasteiger partial charge is 0.394 e. The third kappa shape index (κ3) is 51.8. The summed E-state index contributed by atoms with van der Waals surface area (Å²) in [5, 5.41) is 19.6. The van der Waals surface area contributed by atoms with E-state index in [1.54, 1.807) is 0 Å². The Hall–Kier alpha value is -0.240. The third-order valence-electron chi connectivity index (χ3n) is 16.7. The van der Waals surface area contributed by atoms with Gasteiger partial charge in [-0.05, 0) is 49.4 Å². The van der Waals surface area contributed by atoms with Crippen LogP contribution >= 0.6 is 0 Å². The molecular weight excluding hydrogens is 889 g/mol. The highest BCUT2D eigenvalue weighted by Gasteiger charge is 2.11. The van der Waals surface area contributed by atoms with Gasteiger partial charge in [-0.15, -0.1) is 0 Å². The van der Waals surface area contributed by atoms with Crippen molar-refractivity contribution in [2.24, 2.45) is 23.7 Å². The highest BCUT2D eigenvalue weighted by atomic mass is 16.5. The SMILES string of the molecule is CC1CCCCCCCCCCCCOCC(CO)OCCCCCCCCCCCCC(C)CCC(C)CCCCCCCCCCCCOCC(CO)OCCCCCCCCCCCCC(C)CC1. The van der Waals surface area contributed by atoms with E-state index in [4.69, 9.17) is 18.9 Å².